The molecule has 2 aliphatic heterocycles. The highest BCUT2D eigenvalue weighted by Gasteiger charge is 2.30. The van der Waals surface area contributed by atoms with Gasteiger partial charge in [0.2, 0.25) is 5.91 Å². The van der Waals surface area contributed by atoms with Gasteiger partial charge in [-0.25, -0.2) is 4.98 Å². The number of likely N-dealkylation sites (tertiary alicyclic amines) is 1. The van der Waals surface area contributed by atoms with E-state index in [4.69, 9.17) is 4.98 Å². The smallest absolute Gasteiger partial charge is 0.256 e. The van der Waals surface area contributed by atoms with E-state index in [1.807, 2.05) is 6.92 Å². The number of amides is 1. The minimum Gasteiger partial charge on any atom is -0.338 e. The number of carbonyl (C=O) groups is 1. The van der Waals surface area contributed by atoms with Crippen LogP contribution in [0.3, 0.4) is 0 Å². The molecule has 1 atom stereocenters. The summed E-state index contributed by atoms with van der Waals surface area (Å²) >= 11 is 1.71. The summed E-state index contributed by atoms with van der Waals surface area (Å²) in [7, 11) is 0. The van der Waals surface area contributed by atoms with E-state index in [1.165, 1.54) is 5.56 Å². The zero-order chi connectivity index (χ0) is 18.8. The summed E-state index contributed by atoms with van der Waals surface area (Å²) in [5.41, 5.74) is 2.78. The molecule has 2 aromatic rings. The molecule has 2 aromatic heterocycles. The molecule has 1 amide bonds. The fourth-order valence-corrected chi connectivity index (χ4v) is 4.79. The topological polar surface area (TPSA) is 69.3 Å². The van der Waals surface area contributed by atoms with Gasteiger partial charge in [0.1, 0.15) is 5.82 Å². The number of aromatic nitrogens is 2. The molecular weight excluding hydrogens is 360 g/mol. The van der Waals surface area contributed by atoms with E-state index < -0.39 is 0 Å². The highest BCUT2D eigenvalue weighted by atomic mass is 32.1. The molecule has 27 heavy (non-hydrogen) atoms. The lowest BCUT2D eigenvalue weighted by atomic mass is 10.1. The zero-order valence-corrected chi connectivity index (χ0v) is 16.6. The normalized spacial score (nSPS) is 20.0. The molecule has 0 aliphatic carbocycles. The molecule has 6 nitrogen and oxygen atoms in total. The van der Waals surface area contributed by atoms with Gasteiger partial charge in [0, 0.05) is 25.9 Å². The number of thiophene rings is 1. The minimum absolute atomic E-state index is 0.0774. The Morgan fingerprint density at radius 2 is 2.30 bits per heavy atom. The molecule has 0 bridgehead atoms. The van der Waals surface area contributed by atoms with Gasteiger partial charge < -0.3 is 9.88 Å². The van der Waals surface area contributed by atoms with Crippen molar-refractivity contribution >= 4 is 17.2 Å². The van der Waals surface area contributed by atoms with Gasteiger partial charge >= 0.3 is 0 Å². The Kier molecular flexibility index (Phi) is 5.41. The van der Waals surface area contributed by atoms with Gasteiger partial charge in [0.25, 0.3) is 5.56 Å². The average Bonchev–Trinajstić information content (AvgIpc) is 3.34. The SMILES string of the molecule is CCCC(=O)N1CCc2nc([C@H]3CCCN3Cc3ccsc3)[nH]c(=O)c2C1. The quantitative estimate of drug-likeness (QED) is 0.858. The van der Waals surface area contributed by atoms with Gasteiger partial charge in [-0.2, -0.15) is 11.3 Å². The van der Waals surface area contributed by atoms with E-state index in [-0.39, 0.29) is 17.5 Å². The maximum absolute atomic E-state index is 12.7. The van der Waals surface area contributed by atoms with E-state index >= 15 is 0 Å². The Bertz CT molecular complexity index is 861. The second kappa shape index (κ2) is 7.94. The van der Waals surface area contributed by atoms with E-state index in [2.05, 4.69) is 26.7 Å². The van der Waals surface area contributed by atoms with Crippen LogP contribution in [0.25, 0.3) is 0 Å². The second-order valence-electron chi connectivity index (χ2n) is 7.45. The van der Waals surface area contributed by atoms with Gasteiger partial charge in [-0.3, -0.25) is 14.5 Å². The van der Waals surface area contributed by atoms with Crippen LogP contribution in [0.4, 0.5) is 0 Å². The predicted octanol–water partition coefficient (Wildman–Crippen LogP) is 2.85. The third-order valence-corrected chi connectivity index (χ3v) is 6.28. The summed E-state index contributed by atoms with van der Waals surface area (Å²) in [6, 6.07) is 2.33. The lowest BCUT2D eigenvalue weighted by Gasteiger charge is -2.29. The first kappa shape index (κ1) is 18.4. The van der Waals surface area contributed by atoms with Crippen LogP contribution in [0.15, 0.2) is 21.6 Å². The summed E-state index contributed by atoms with van der Waals surface area (Å²) in [5, 5.41) is 4.28. The maximum atomic E-state index is 12.7. The van der Waals surface area contributed by atoms with Crippen LogP contribution in [0.5, 0.6) is 0 Å². The van der Waals surface area contributed by atoms with Crippen LogP contribution in [-0.4, -0.2) is 38.8 Å². The van der Waals surface area contributed by atoms with Crippen molar-refractivity contribution in [2.75, 3.05) is 13.1 Å². The summed E-state index contributed by atoms with van der Waals surface area (Å²) in [4.78, 5) is 37.0. The highest BCUT2D eigenvalue weighted by molar-refractivity contribution is 7.07. The molecule has 1 fully saturated rings. The third kappa shape index (κ3) is 3.84. The summed E-state index contributed by atoms with van der Waals surface area (Å²) in [6.07, 6.45) is 4.18. The van der Waals surface area contributed by atoms with Gasteiger partial charge in [0.05, 0.1) is 23.8 Å². The van der Waals surface area contributed by atoms with Crippen LogP contribution in [0, 0.1) is 0 Å². The number of nitrogens with one attached hydrogen (secondary N) is 1. The number of carbonyl (C=O) groups excluding carboxylic acids is 1. The molecule has 0 aromatic carbocycles. The molecule has 0 radical (unpaired) electrons. The number of hydrogen-bond donors (Lipinski definition) is 1. The Morgan fingerprint density at radius 1 is 1.41 bits per heavy atom. The fraction of sp³-hybridized carbons (Fsp3) is 0.550. The fourth-order valence-electron chi connectivity index (χ4n) is 4.13. The lowest BCUT2D eigenvalue weighted by Crippen LogP contribution is -2.40. The lowest BCUT2D eigenvalue weighted by molar-refractivity contribution is -0.132. The van der Waals surface area contributed by atoms with E-state index in [1.54, 1.807) is 16.2 Å². The van der Waals surface area contributed by atoms with Crippen molar-refractivity contribution in [1.29, 1.82) is 0 Å². The summed E-state index contributed by atoms with van der Waals surface area (Å²) < 4.78 is 0. The minimum atomic E-state index is -0.0774. The molecule has 1 saturated heterocycles. The van der Waals surface area contributed by atoms with Crippen LogP contribution in [0.2, 0.25) is 0 Å². The zero-order valence-electron chi connectivity index (χ0n) is 15.7. The van der Waals surface area contributed by atoms with Gasteiger partial charge in [0.15, 0.2) is 0 Å². The van der Waals surface area contributed by atoms with Crippen LogP contribution < -0.4 is 5.56 Å². The van der Waals surface area contributed by atoms with E-state index in [0.717, 1.165) is 43.9 Å². The van der Waals surface area contributed by atoms with E-state index in [0.29, 0.717) is 31.5 Å². The Labute approximate surface area is 163 Å². The Morgan fingerprint density at radius 3 is 3.07 bits per heavy atom. The predicted molar refractivity (Wildman–Crippen MR) is 106 cm³/mol. The summed E-state index contributed by atoms with van der Waals surface area (Å²) in [6.45, 7) is 4.97. The number of aromatic amines is 1. The Hall–Kier alpha value is -1.99. The first-order valence-corrected chi connectivity index (χ1v) is 10.7. The van der Waals surface area contributed by atoms with Crippen molar-refractivity contribution in [3.05, 3.63) is 49.8 Å². The molecule has 2 aliphatic rings. The van der Waals surface area contributed by atoms with Crippen LogP contribution in [0.1, 0.15) is 61.3 Å². The first-order valence-electron chi connectivity index (χ1n) is 9.80. The largest absolute Gasteiger partial charge is 0.338 e. The van der Waals surface area contributed by atoms with Crippen molar-refractivity contribution in [1.82, 2.24) is 19.8 Å². The van der Waals surface area contributed by atoms with Crippen molar-refractivity contribution in [2.45, 2.75) is 58.2 Å². The second-order valence-corrected chi connectivity index (χ2v) is 8.23. The number of hydrogen-bond acceptors (Lipinski definition) is 5. The monoisotopic (exact) mass is 386 g/mol. The van der Waals surface area contributed by atoms with E-state index in [9.17, 15) is 9.59 Å². The van der Waals surface area contributed by atoms with Gasteiger partial charge in [-0.1, -0.05) is 6.92 Å². The van der Waals surface area contributed by atoms with Gasteiger partial charge in [-0.15, -0.1) is 0 Å². The number of nitrogens with zero attached hydrogens (tertiary/aromatic N) is 3. The standard InChI is InChI=1S/C20H26N4O2S/c1-2-4-18(25)24-9-6-16-15(12-24)20(26)22-19(21-16)17-5-3-8-23(17)11-14-7-10-27-13-14/h7,10,13,17H,2-6,8-9,11-12H2,1H3,(H,21,22,26)/t17-/m1/s1. The molecular formula is C20H26N4O2S. The third-order valence-electron chi connectivity index (χ3n) is 5.55. The first-order chi connectivity index (χ1) is 13.2. The van der Waals surface area contributed by atoms with Crippen molar-refractivity contribution in [2.24, 2.45) is 0 Å². The van der Waals surface area contributed by atoms with Crippen molar-refractivity contribution < 1.29 is 4.79 Å². The van der Waals surface area contributed by atoms with Crippen LogP contribution >= 0.6 is 11.3 Å². The molecule has 4 heterocycles. The highest BCUT2D eigenvalue weighted by Crippen LogP contribution is 2.31. The number of rotatable bonds is 5. The molecule has 0 saturated carbocycles. The molecule has 1 N–H and O–H groups in total. The molecule has 7 heteroatoms. The molecule has 144 valence electrons. The number of H-pyrrole nitrogens is 1. The van der Waals surface area contributed by atoms with Crippen LogP contribution in [-0.2, 0) is 24.3 Å². The summed E-state index contributed by atoms with van der Waals surface area (Å²) in [5.74, 6) is 0.921. The van der Waals surface area contributed by atoms with Crippen molar-refractivity contribution in [3.63, 3.8) is 0 Å². The Balaban J connectivity index is 1.55. The molecule has 0 unspecified atom stereocenters. The average molecular weight is 387 g/mol. The number of fused-ring (bicyclic) bond motifs is 1. The van der Waals surface area contributed by atoms with Crippen molar-refractivity contribution in [3.8, 4) is 0 Å². The van der Waals surface area contributed by atoms with Gasteiger partial charge in [-0.05, 0) is 48.2 Å². The maximum Gasteiger partial charge on any atom is 0.256 e. The molecule has 0 spiro atoms. The molecule has 4 rings (SSSR count).